The van der Waals surface area contributed by atoms with E-state index in [2.05, 4.69) is 20.8 Å². The highest BCUT2D eigenvalue weighted by Crippen LogP contribution is 2.36. The number of alkyl halides is 3. The largest absolute Gasteiger partial charge is 0.416 e. The van der Waals surface area contributed by atoms with Crippen molar-refractivity contribution in [3.05, 3.63) is 23.8 Å². The molecular formula is C19H23F3N6O2S. The molecule has 2 saturated heterocycles. The van der Waals surface area contributed by atoms with Crippen molar-refractivity contribution in [2.45, 2.75) is 49.7 Å². The minimum atomic E-state index is -4.48. The molecule has 0 aliphatic carbocycles. The summed E-state index contributed by atoms with van der Waals surface area (Å²) in [6.07, 6.45) is -0.574. The highest BCUT2D eigenvalue weighted by Gasteiger charge is 2.32. The van der Waals surface area contributed by atoms with Gasteiger partial charge in [-0.2, -0.15) is 13.2 Å². The van der Waals surface area contributed by atoms with Gasteiger partial charge < -0.3 is 15.0 Å². The summed E-state index contributed by atoms with van der Waals surface area (Å²) in [5.41, 5.74) is -0.0211. The van der Waals surface area contributed by atoms with Gasteiger partial charge in [-0.1, -0.05) is 11.8 Å². The molecule has 0 bridgehead atoms. The predicted molar refractivity (Wildman–Crippen MR) is 109 cm³/mol. The first-order valence-corrected chi connectivity index (χ1v) is 11.2. The summed E-state index contributed by atoms with van der Waals surface area (Å²) in [6.45, 7) is 2.72. The van der Waals surface area contributed by atoms with Crippen LogP contribution in [0.2, 0.25) is 0 Å². The lowest BCUT2D eigenvalue weighted by atomic mass is 10.1. The van der Waals surface area contributed by atoms with Crippen molar-refractivity contribution in [1.29, 1.82) is 0 Å². The maximum atomic E-state index is 13.2. The molecule has 0 radical (unpaired) electrons. The highest BCUT2D eigenvalue weighted by molar-refractivity contribution is 7.99. The molecule has 31 heavy (non-hydrogen) atoms. The van der Waals surface area contributed by atoms with E-state index in [1.807, 2.05) is 4.90 Å². The SMILES string of the molecule is O=C(CSc1nnnn1CC1CCCO1)Nc1cc(C(F)(F)F)ccc1N1CCCC1. The van der Waals surface area contributed by atoms with E-state index in [1.54, 1.807) is 4.68 Å². The first-order chi connectivity index (χ1) is 14.9. The molecule has 0 spiro atoms. The number of carbonyl (C=O) groups excluding carboxylic acids is 1. The number of nitrogens with one attached hydrogen (secondary N) is 1. The van der Waals surface area contributed by atoms with Crippen molar-refractivity contribution in [2.24, 2.45) is 0 Å². The van der Waals surface area contributed by atoms with Crippen molar-refractivity contribution in [1.82, 2.24) is 20.2 Å². The molecule has 4 rings (SSSR count). The van der Waals surface area contributed by atoms with Crippen LogP contribution < -0.4 is 10.2 Å². The number of anilines is 2. The van der Waals surface area contributed by atoms with E-state index in [1.165, 1.54) is 6.07 Å². The summed E-state index contributed by atoms with van der Waals surface area (Å²) in [7, 11) is 0. The van der Waals surface area contributed by atoms with Crippen LogP contribution in [-0.4, -0.2) is 57.7 Å². The average Bonchev–Trinajstić information content (AvgIpc) is 3.49. The molecule has 2 aliphatic heterocycles. The number of benzene rings is 1. The maximum Gasteiger partial charge on any atom is 0.416 e. The third kappa shape index (κ3) is 5.48. The zero-order chi connectivity index (χ0) is 21.8. The molecule has 1 aromatic carbocycles. The summed E-state index contributed by atoms with van der Waals surface area (Å²) in [5, 5.41) is 14.6. The molecular weight excluding hydrogens is 433 g/mol. The number of rotatable bonds is 7. The fraction of sp³-hybridized carbons (Fsp3) is 0.579. The number of hydrogen-bond donors (Lipinski definition) is 1. The van der Waals surface area contributed by atoms with Crippen molar-refractivity contribution < 1.29 is 22.7 Å². The van der Waals surface area contributed by atoms with Gasteiger partial charge in [-0.15, -0.1) is 5.10 Å². The van der Waals surface area contributed by atoms with E-state index in [0.717, 1.165) is 62.7 Å². The van der Waals surface area contributed by atoms with Crippen LogP contribution in [-0.2, 0) is 22.3 Å². The highest BCUT2D eigenvalue weighted by atomic mass is 32.2. The number of halogens is 3. The Hall–Kier alpha value is -2.34. The Bertz CT molecular complexity index is 910. The van der Waals surface area contributed by atoms with E-state index in [-0.39, 0.29) is 17.5 Å². The standard InChI is InChI=1S/C19H23F3N6O2S/c20-19(21,22)13-5-6-16(27-7-1-2-8-27)15(10-13)23-17(29)12-31-18-24-25-26-28(18)11-14-4-3-9-30-14/h5-6,10,14H,1-4,7-9,11-12H2,(H,23,29). The van der Waals surface area contributed by atoms with Gasteiger partial charge in [-0.05, 0) is 54.3 Å². The normalized spacial score (nSPS) is 19.2. The number of amides is 1. The van der Waals surface area contributed by atoms with Crippen LogP contribution in [0.1, 0.15) is 31.2 Å². The molecule has 2 fully saturated rings. The lowest BCUT2D eigenvalue weighted by Crippen LogP contribution is -2.23. The van der Waals surface area contributed by atoms with Gasteiger partial charge in [0.25, 0.3) is 0 Å². The van der Waals surface area contributed by atoms with Crippen molar-refractivity contribution in [3.63, 3.8) is 0 Å². The fourth-order valence-electron chi connectivity index (χ4n) is 3.76. The van der Waals surface area contributed by atoms with Crippen molar-refractivity contribution in [2.75, 3.05) is 35.7 Å². The van der Waals surface area contributed by atoms with Crippen LogP contribution in [0.15, 0.2) is 23.4 Å². The van der Waals surface area contributed by atoms with Gasteiger partial charge in [-0.25, -0.2) is 4.68 Å². The molecule has 0 saturated carbocycles. The van der Waals surface area contributed by atoms with Crippen LogP contribution in [0.5, 0.6) is 0 Å². The number of tetrazole rings is 1. The molecule has 1 N–H and O–H groups in total. The van der Waals surface area contributed by atoms with Gasteiger partial charge in [0.1, 0.15) is 0 Å². The zero-order valence-corrected chi connectivity index (χ0v) is 17.6. The van der Waals surface area contributed by atoms with Crippen LogP contribution in [0.3, 0.4) is 0 Å². The molecule has 12 heteroatoms. The third-order valence-electron chi connectivity index (χ3n) is 5.28. The maximum absolute atomic E-state index is 13.2. The molecule has 168 valence electrons. The average molecular weight is 456 g/mol. The predicted octanol–water partition coefficient (Wildman–Crippen LogP) is 3.20. The summed E-state index contributed by atoms with van der Waals surface area (Å²) in [4.78, 5) is 14.5. The number of nitrogens with zero attached hydrogens (tertiary/aromatic N) is 5. The molecule has 1 amide bonds. The monoisotopic (exact) mass is 456 g/mol. The number of carbonyl (C=O) groups is 1. The minimum Gasteiger partial charge on any atom is -0.376 e. The number of aromatic nitrogens is 4. The summed E-state index contributed by atoms with van der Waals surface area (Å²) < 4.78 is 46.8. The Balaban J connectivity index is 1.42. The molecule has 1 unspecified atom stereocenters. The van der Waals surface area contributed by atoms with Crippen LogP contribution in [0, 0.1) is 0 Å². The van der Waals surface area contributed by atoms with E-state index >= 15 is 0 Å². The number of thioether (sulfide) groups is 1. The summed E-state index contributed by atoms with van der Waals surface area (Å²) in [6, 6.07) is 3.48. The Morgan fingerprint density at radius 1 is 1.26 bits per heavy atom. The van der Waals surface area contributed by atoms with E-state index < -0.39 is 17.6 Å². The van der Waals surface area contributed by atoms with E-state index in [0.29, 0.717) is 24.0 Å². The molecule has 8 nitrogen and oxygen atoms in total. The minimum absolute atomic E-state index is 0.0262. The van der Waals surface area contributed by atoms with Gasteiger partial charge in [0.15, 0.2) is 0 Å². The smallest absolute Gasteiger partial charge is 0.376 e. The quantitative estimate of drug-likeness (QED) is 0.641. The van der Waals surface area contributed by atoms with Crippen LogP contribution in [0.25, 0.3) is 0 Å². The Kier molecular flexibility index (Phi) is 6.65. The van der Waals surface area contributed by atoms with E-state index in [4.69, 9.17) is 4.74 Å². The summed E-state index contributed by atoms with van der Waals surface area (Å²) >= 11 is 1.14. The second-order valence-corrected chi connectivity index (χ2v) is 8.48. The van der Waals surface area contributed by atoms with E-state index in [9.17, 15) is 18.0 Å². The van der Waals surface area contributed by atoms with Crippen molar-refractivity contribution >= 4 is 29.0 Å². The Morgan fingerprint density at radius 3 is 2.77 bits per heavy atom. The molecule has 1 aromatic heterocycles. The lowest BCUT2D eigenvalue weighted by Gasteiger charge is -2.23. The van der Waals surface area contributed by atoms with Gasteiger partial charge in [0, 0.05) is 19.7 Å². The first-order valence-electron chi connectivity index (χ1n) is 10.2. The third-order valence-corrected chi connectivity index (χ3v) is 6.23. The van der Waals surface area contributed by atoms with Crippen molar-refractivity contribution in [3.8, 4) is 0 Å². The zero-order valence-electron chi connectivity index (χ0n) is 16.8. The fourth-order valence-corrected chi connectivity index (χ4v) is 4.44. The molecule has 2 aliphatic rings. The topological polar surface area (TPSA) is 85.2 Å². The first kappa shape index (κ1) is 21.9. The molecule has 1 atom stereocenters. The summed E-state index contributed by atoms with van der Waals surface area (Å²) in [5.74, 6) is -0.446. The van der Waals surface area contributed by atoms with Crippen LogP contribution in [0.4, 0.5) is 24.5 Å². The molecule has 2 aromatic rings. The van der Waals surface area contributed by atoms with Gasteiger partial charge >= 0.3 is 6.18 Å². The van der Waals surface area contributed by atoms with Crippen LogP contribution >= 0.6 is 11.8 Å². The number of ether oxygens (including phenoxy) is 1. The second-order valence-electron chi connectivity index (χ2n) is 7.54. The van der Waals surface area contributed by atoms with Gasteiger partial charge in [-0.3, -0.25) is 4.79 Å². The Labute approximate surface area is 181 Å². The second kappa shape index (κ2) is 9.43. The number of hydrogen-bond acceptors (Lipinski definition) is 7. The van der Waals surface area contributed by atoms with Gasteiger partial charge in [0.2, 0.25) is 11.1 Å². The van der Waals surface area contributed by atoms with Gasteiger partial charge in [0.05, 0.1) is 35.3 Å². The Morgan fingerprint density at radius 2 is 2.06 bits per heavy atom. The molecule has 3 heterocycles. The lowest BCUT2D eigenvalue weighted by molar-refractivity contribution is -0.137.